The van der Waals surface area contributed by atoms with Crippen molar-refractivity contribution in [1.82, 2.24) is 4.98 Å². The Morgan fingerprint density at radius 3 is 2.35 bits per heavy atom. The highest BCUT2D eigenvalue weighted by Gasteiger charge is 2.01. The third-order valence-corrected chi connectivity index (χ3v) is 2.69. The van der Waals surface area contributed by atoms with Gasteiger partial charge in [0.15, 0.2) is 0 Å². The van der Waals surface area contributed by atoms with Crippen molar-refractivity contribution in [2.24, 2.45) is 0 Å². The molecular formula is C14H16N2O. The molecule has 0 amide bonds. The predicted octanol–water partition coefficient (Wildman–Crippen LogP) is 2.31. The molecule has 0 fully saturated rings. The molecule has 0 saturated heterocycles. The van der Waals surface area contributed by atoms with Crippen LogP contribution in [0.3, 0.4) is 0 Å². The minimum atomic E-state index is 0.0244. The van der Waals surface area contributed by atoms with Gasteiger partial charge in [0.05, 0.1) is 6.61 Å². The van der Waals surface area contributed by atoms with Gasteiger partial charge in [0.2, 0.25) is 0 Å². The highest BCUT2D eigenvalue weighted by Crippen LogP contribution is 2.22. The molecule has 2 rings (SSSR count). The summed E-state index contributed by atoms with van der Waals surface area (Å²) in [6, 6.07) is 10.2. The Labute approximate surface area is 101 Å². The highest BCUT2D eigenvalue weighted by molar-refractivity contribution is 5.65. The first kappa shape index (κ1) is 11.6. The van der Waals surface area contributed by atoms with Gasteiger partial charge in [0.25, 0.3) is 0 Å². The quantitative estimate of drug-likeness (QED) is 0.875. The maximum absolute atomic E-state index is 9.08. The molecular weight excluding hydrogens is 212 g/mol. The van der Waals surface area contributed by atoms with E-state index in [0.717, 1.165) is 16.7 Å². The summed E-state index contributed by atoms with van der Waals surface area (Å²) >= 11 is 0. The van der Waals surface area contributed by atoms with Crippen LogP contribution in [0.1, 0.15) is 5.56 Å². The first-order valence-corrected chi connectivity index (χ1v) is 5.53. The summed E-state index contributed by atoms with van der Waals surface area (Å²) < 4.78 is 0. The van der Waals surface area contributed by atoms with Crippen LogP contribution in [0.5, 0.6) is 0 Å². The number of nitrogens with zero attached hydrogens (tertiary/aromatic N) is 2. The Bertz CT molecular complexity index is 492. The van der Waals surface area contributed by atoms with Crippen LogP contribution in [0.4, 0.5) is 5.69 Å². The van der Waals surface area contributed by atoms with E-state index in [-0.39, 0.29) is 6.61 Å². The largest absolute Gasteiger partial charge is 0.392 e. The molecule has 1 aromatic carbocycles. The average molecular weight is 228 g/mol. The fraction of sp³-hybridized carbons (Fsp3) is 0.214. The molecule has 0 atom stereocenters. The molecule has 0 radical (unpaired) electrons. The van der Waals surface area contributed by atoms with Crippen LogP contribution in [-0.4, -0.2) is 24.2 Å². The Balaban J connectivity index is 2.32. The second-order valence-electron chi connectivity index (χ2n) is 4.18. The van der Waals surface area contributed by atoms with Crippen LogP contribution >= 0.6 is 0 Å². The van der Waals surface area contributed by atoms with Gasteiger partial charge in [-0.25, -0.2) is 0 Å². The summed E-state index contributed by atoms with van der Waals surface area (Å²) in [6.07, 6.45) is 3.49. The molecule has 2 aromatic rings. The number of rotatable bonds is 3. The summed E-state index contributed by atoms with van der Waals surface area (Å²) in [5.41, 5.74) is 4.14. The summed E-state index contributed by atoms with van der Waals surface area (Å²) in [5, 5.41) is 9.08. The molecule has 1 heterocycles. The molecule has 0 aliphatic rings. The molecule has 3 nitrogen and oxygen atoms in total. The maximum atomic E-state index is 9.08. The smallest absolute Gasteiger partial charge is 0.0697 e. The molecule has 0 saturated carbocycles. The van der Waals surface area contributed by atoms with E-state index in [1.54, 1.807) is 6.20 Å². The minimum absolute atomic E-state index is 0.0244. The normalized spacial score (nSPS) is 10.3. The molecule has 88 valence electrons. The molecule has 3 heteroatoms. The van der Waals surface area contributed by atoms with E-state index in [2.05, 4.69) is 34.1 Å². The van der Waals surface area contributed by atoms with Gasteiger partial charge in [-0.05, 0) is 29.3 Å². The Morgan fingerprint density at radius 2 is 1.76 bits per heavy atom. The Hall–Kier alpha value is -1.87. The molecule has 1 aromatic heterocycles. The van der Waals surface area contributed by atoms with E-state index in [4.69, 9.17) is 5.11 Å². The lowest BCUT2D eigenvalue weighted by Gasteiger charge is -2.12. The van der Waals surface area contributed by atoms with E-state index in [9.17, 15) is 0 Å². The number of hydrogen-bond donors (Lipinski definition) is 1. The van der Waals surface area contributed by atoms with E-state index in [1.165, 1.54) is 5.69 Å². The first-order valence-electron chi connectivity index (χ1n) is 5.53. The van der Waals surface area contributed by atoms with Crippen LogP contribution in [-0.2, 0) is 6.61 Å². The highest BCUT2D eigenvalue weighted by atomic mass is 16.3. The predicted molar refractivity (Wildman–Crippen MR) is 69.9 cm³/mol. The molecule has 1 N–H and O–H groups in total. The number of aliphatic hydroxyl groups excluding tert-OH is 1. The van der Waals surface area contributed by atoms with Crippen LogP contribution in [0, 0.1) is 0 Å². The SMILES string of the molecule is CN(C)c1ccc(-c2cncc(CO)c2)cc1. The lowest BCUT2D eigenvalue weighted by Crippen LogP contribution is -2.07. The molecule has 0 aliphatic heterocycles. The van der Waals surface area contributed by atoms with Crippen LogP contribution in [0.15, 0.2) is 42.7 Å². The molecule has 0 spiro atoms. The van der Waals surface area contributed by atoms with Crippen molar-refractivity contribution in [1.29, 1.82) is 0 Å². The van der Waals surface area contributed by atoms with Crippen molar-refractivity contribution in [3.63, 3.8) is 0 Å². The van der Waals surface area contributed by atoms with Crippen molar-refractivity contribution in [2.45, 2.75) is 6.61 Å². The van der Waals surface area contributed by atoms with Gasteiger partial charge in [0.1, 0.15) is 0 Å². The average Bonchev–Trinajstić information content (AvgIpc) is 2.39. The summed E-state index contributed by atoms with van der Waals surface area (Å²) in [5.74, 6) is 0. The number of hydrogen-bond acceptors (Lipinski definition) is 3. The number of aliphatic hydroxyl groups is 1. The standard InChI is InChI=1S/C14H16N2O/c1-16(2)14-5-3-12(4-6-14)13-7-11(10-17)8-15-9-13/h3-9,17H,10H2,1-2H3. The number of aromatic nitrogens is 1. The van der Waals surface area contributed by atoms with Crippen LogP contribution in [0.2, 0.25) is 0 Å². The first-order chi connectivity index (χ1) is 8.20. The Morgan fingerprint density at radius 1 is 1.06 bits per heavy atom. The lowest BCUT2D eigenvalue weighted by atomic mass is 10.1. The molecule has 17 heavy (non-hydrogen) atoms. The van der Waals surface area contributed by atoms with E-state index in [0.29, 0.717) is 0 Å². The van der Waals surface area contributed by atoms with Gasteiger partial charge in [-0.15, -0.1) is 0 Å². The zero-order chi connectivity index (χ0) is 12.3. The summed E-state index contributed by atoms with van der Waals surface area (Å²) in [4.78, 5) is 6.18. The third kappa shape index (κ3) is 2.63. The zero-order valence-electron chi connectivity index (χ0n) is 10.1. The van der Waals surface area contributed by atoms with Gasteiger partial charge in [0, 0.05) is 37.7 Å². The number of anilines is 1. The van der Waals surface area contributed by atoms with Crippen molar-refractivity contribution in [2.75, 3.05) is 19.0 Å². The monoisotopic (exact) mass is 228 g/mol. The maximum Gasteiger partial charge on any atom is 0.0697 e. The third-order valence-electron chi connectivity index (χ3n) is 2.69. The second kappa shape index (κ2) is 4.97. The van der Waals surface area contributed by atoms with Crippen molar-refractivity contribution < 1.29 is 5.11 Å². The van der Waals surface area contributed by atoms with Crippen molar-refractivity contribution in [3.05, 3.63) is 48.3 Å². The zero-order valence-corrected chi connectivity index (χ0v) is 10.1. The summed E-state index contributed by atoms with van der Waals surface area (Å²) in [7, 11) is 4.03. The van der Waals surface area contributed by atoms with Crippen LogP contribution in [0.25, 0.3) is 11.1 Å². The van der Waals surface area contributed by atoms with Crippen molar-refractivity contribution in [3.8, 4) is 11.1 Å². The van der Waals surface area contributed by atoms with Crippen LogP contribution < -0.4 is 4.90 Å². The van der Waals surface area contributed by atoms with Gasteiger partial charge in [-0.1, -0.05) is 12.1 Å². The fourth-order valence-corrected chi connectivity index (χ4v) is 1.68. The fourth-order valence-electron chi connectivity index (χ4n) is 1.68. The van der Waals surface area contributed by atoms with Gasteiger partial charge in [-0.3, -0.25) is 4.98 Å². The van der Waals surface area contributed by atoms with Gasteiger partial charge < -0.3 is 10.0 Å². The van der Waals surface area contributed by atoms with Gasteiger partial charge in [-0.2, -0.15) is 0 Å². The number of benzene rings is 1. The Kier molecular flexibility index (Phi) is 3.40. The lowest BCUT2D eigenvalue weighted by molar-refractivity contribution is 0.281. The second-order valence-corrected chi connectivity index (χ2v) is 4.18. The summed E-state index contributed by atoms with van der Waals surface area (Å²) in [6.45, 7) is 0.0244. The molecule has 0 aliphatic carbocycles. The topological polar surface area (TPSA) is 36.4 Å². The minimum Gasteiger partial charge on any atom is -0.392 e. The number of pyridine rings is 1. The van der Waals surface area contributed by atoms with E-state index >= 15 is 0 Å². The molecule has 0 bridgehead atoms. The van der Waals surface area contributed by atoms with Gasteiger partial charge >= 0.3 is 0 Å². The molecule has 0 unspecified atom stereocenters. The van der Waals surface area contributed by atoms with E-state index < -0.39 is 0 Å². The van der Waals surface area contributed by atoms with Crippen molar-refractivity contribution >= 4 is 5.69 Å². The van der Waals surface area contributed by atoms with E-state index in [1.807, 2.05) is 26.4 Å².